The van der Waals surface area contributed by atoms with Gasteiger partial charge in [-0.3, -0.25) is 9.78 Å². The molecule has 1 aliphatic rings. The van der Waals surface area contributed by atoms with Gasteiger partial charge in [-0.25, -0.2) is 0 Å². The van der Waals surface area contributed by atoms with Gasteiger partial charge in [-0.05, 0) is 43.5 Å². The van der Waals surface area contributed by atoms with E-state index in [1.807, 2.05) is 32.0 Å². The Bertz CT molecular complexity index is 815. The molecule has 0 spiro atoms. The van der Waals surface area contributed by atoms with Crippen molar-refractivity contribution < 1.29 is 22.7 Å². The molecule has 1 aliphatic carbocycles. The Morgan fingerprint density at radius 2 is 1.96 bits per heavy atom. The number of benzene rings is 1. The lowest BCUT2D eigenvalue weighted by atomic mass is 9.94. The van der Waals surface area contributed by atoms with Gasteiger partial charge < -0.3 is 10.1 Å². The molecule has 1 amide bonds. The van der Waals surface area contributed by atoms with Crippen LogP contribution in [-0.2, 0) is 0 Å². The van der Waals surface area contributed by atoms with Gasteiger partial charge in [0, 0.05) is 22.7 Å². The summed E-state index contributed by atoms with van der Waals surface area (Å²) in [5, 5.41) is 3.12. The maximum atomic E-state index is 12.6. The van der Waals surface area contributed by atoms with E-state index in [-0.39, 0.29) is 23.1 Å². The minimum Gasteiger partial charge on any atom is -0.483 e. The van der Waals surface area contributed by atoms with Gasteiger partial charge >= 0.3 is 6.18 Å². The minimum absolute atomic E-state index is 0.0667. The molecule has 1 heterocycles. The highest BCUT2D eigenvalue weighted by molar-refractivity contribution is 5.96. The molecular formula is C20H21F3N2O2. The van der Waals surface area contributed by atoms with E-state index in [1.165, 1.54) is 12.3 Å². The molecular weight excluding hydrogens is 357 g/mol. The van der Waals surface area contributed by atoms with Crippen molar-refractivity contribution in [2.45, 2.75) is 44.3 Å². The molecule has 1 atom stereocenters. The van der Waals surface area contributed by atoms with E-state index in [1.54, 1.807) is 12.1 Å². The number of carbonyl (C=O) groups is 1. The summed E-state index contributed by atoms with van der Waals surface area (Å²) in [6, 6.07) is 10.5. The van der Waals surface area contributed by atoms with Gasteiger partial charge in [-0.15, -0.1) is 0 Å². The van der Waals surface area contributed by atoms with Crippen molar-refractivity contribution in [2.24, 2.45) is 0 Å². The number of amides is 1. The second-order valence-electron chi connectivity index (χ2n) is 6.97. The molecule has 0 unspecified atom stereocenters. The summed E-state index contributed by atoms with van der Waals surface area (Å²) in [5.41, 5.74) is 1.88. The third-order valence-electron chi connectivity index (χ3n) is 4.98. The SMILES string of the molecule is Cc1ccccc1C(=O)NC1([C@@H](C)c2ccc(OCC(F)(F)F)cn2)CC1. The lowest BCUT2D eigenvalue weighted by Crippen LogP contribution is -2.41. The Hall–Kier alpha value is -2.57. The van der Waals surface area contributed by atoms with Crippen LogP contribution in [0.25, 0.3) is 0 Å². The highest BCUT2D eigenvalue weighted by atomic mass is 19.4. The topological polar surface area (TPSA) is 51.2 Å². The molecule has 1 aromatic heterocycles. The van der Waals surface area contributed by atoms with E-state index in [4.69, 9.17) is 0 Å². The fourth-order valence-electron chi connectivity index (χ4n) is 3.10. The lowest BCUT2D eigenvalue weighted by Gasteiger charge is -2.25. The fraction of sp³-hybridized carbons (Fsp3) is 0.400. The number of pyridine rings is 1. The fourth-order valence-corrected chi connectivity index (χ4v) is 3.10. The Morgan fingerprint density at radius 3 is 2.52 bits per heavy atom. The van der Waals surface area contributed by atoms with Crippen molar-refractivity contribution in [3.05, 3.63) is 59.4 Å². The van der Waals surface area contributed by atoms with Crippen LogP contribution in [0.4, 0.5) is 13.2 Å². The summed E-state index contributed by atoms with van der Waals surface area (Å²) in [6.45, 7) is 2.50. The number of rotatable bonds is 6. The number of aromatic nitrogens is 1. The maximum absolute atomic E-state index is 12.6. The van der Waals surface area contributed by atoms with Crippen molar-refractivity contribution in [2.75, 3.05) is 6.61 Å². The van der Waals surface area contributed by atoms with Crippen LogP contribution in [0.15, 0.2) is 42.6 Å². The highest BCUT2D eigenvalue weighted by Crippen LogP contribution is 2.47. The van der Waals surface area contributed by atoms with Crippen molar-refractivity contribution in [1.82, 2.24) is 10.3 Å². The molecule has 1 aromatic carbocycles. The van der Waals surface area contributed by atoms with Crippen molar-refractivity contribution >= 4 is 5.91 Å². The minimum atomic E-state index is -4.39. The molecule has 0 saturated heterocycles. The first kappa shape index (κ1) is 19.2. The Kier molecular flexibility index (Phi) is 5.13. The standard InChI is InChI=1S/C20H21F3N2O2/c1-13-5-3-4-6-16(13)18(26)25-19(9-10-19)14(2)17-8-7-15(11-24-17)27-12-20(21,22)23/h3-8,11,14H,9-10,12H2,1-2H3,(H,25,26)/t14-/m0/s1. The number of hydrogen-bond acceptors (Lipinski definition) is 3. The number of aryl methyl sites for hydroxylation is 1. The predicted octanol–water partition coefficient (Wildman–Crippen LogP) is 4.40. The largest absolute Gasteiger partial charge is 0.483 e. The number of alkyl halides is 3. The molecule has 0 aliphatic heterocycles. The Morgan fingerprint density at radius 1 is 1.26 bits per heavy atom. The quantitative estimate of drug-likeness (QED) is 0.811. The van der Waals surface area contributed by atoms with Gasteiger partial charge in [-0.1, -0.05) is 25.1 Å². The van der Waals surface area contributed by atoms with Gasteiger partial charge in [0.2, 0.25) is 0 Å². The summed E-state index contributed by atoms with van der Waals surface area (Å²) in [5.74, 6) is -0.123. The second kappa shape index (κ2) is 7.21. The van der Waals surface area contributed by atoms with Crippen LogP contribution in [0.2, 0.25) is 0 Å². The molecule has 7 heteroatoms. The predicted molar refractivity (Wildman–Crippen MR) is 94.8 cm³/mol. The third-order valence-corrected chi connectivity index (χ3v) is 4.98. The monoisotopic (exact) mass is 378 g/mol. The summed E-state index contributed by atoms with van der Waals surface area (Å²) in [7, 11) is 0. The molecule has 1 saturated carbocycles. The third kappa shape index (κ3) is 4.59. The first-order chi connectivity index (χ1) is 12.7. The van der Waals surface area contributed by atoms with Gasteiger partial charge in [0.15, 0.2) is 6.61 Å². The molecule has 3 rings (SSSR count). The summed E-state index contributed by atoms with van der Waals surface area (Å²) >= 11 is 0. The zero-order valence-electron chi connectivity index (χ0n) is 15.1. The number of nitrogens with one attached hydrogen (secondary N) is 1. The van der Waals surface area contributed by atoms with Gasteiger partial charge in [0.1, 0.15) is 5.75 Å². The van der Waals surface area contributed by atoms with E-state index in [0.29, 0.717) is 11.3 Å². The van der Waals surface area contributed by atoms with Crippen LogP contribution in [-0.4, -0.2) is 29.2 Å². The van der Waals surface area contributed by atoms with E-state index in [9.17, 15) is 18.0 Å². The molecule has 0 bridgehead atoms. The lowest BCUT2D eigenvalue weighted by molar-refractivity contribution is -0.153. The number of carbonyl (C=O) groups excluding carboxylic acids is 1. The van der Waals surface area contributed by atoms with Gasteiger partial charge in [-0.2, -0.15) is 13.2 Å². The number of hydrogen-bond donors (Lipinski definition) is 1. The van der Waals surface area contributed by atoms with Crippen molar-refractivity contribution in [3.8, 4) is 5.75 Å². The van der Waals surface area contributed by atoms with Gasteiger partial charge in [0.05, 0.1) is 6.20 Å². The molecule has 2 aromatic rings. The van der Waals surface area contributed by atoms with Crippen molar-refractivity contribution in [3.63, 3.8) is 0 Å². The van der Waals surface area contributed by atoms with Crippen LogP contribution in [0.5, 0.6) is 5.75 Å². The van der Waals surface area contributed by atoms with Crippen LogP contribution < -0.4 is 10.1 Å². The van der Waals surface area contributed by atoms with Crippen LogP contribution in [0.3, 0.4) is 0 Å². The van der Waals surface area contributed by atoms with E-state index in [0.717, 1.165) is 18.4 Å². The molecule has 0 radical (unpaired) electrons. The molecule has 27 heavy (non-hydrogen) atoms. The molecule has 4 nitrogen and oxygen atoms in total. The number of halogens is 3. The first-order valence-corrected chi connectivity index (χ1v) is 8.74. The number of ether oxygens (including phenoxy) is 1. The first-order valence-electron chi connectivity index (χ1n) is 8.74. The van der Waals surface area contributed by atoms with E-state index < -0.39 is 12.8 Å². The van der Waals surface area contributed by atoms with E-state index >= 15 is 0 Å². The highest BCUT2D eigenvalue weighted by Gasteiger charge is 2.49. The normalized spacial score (nSPS) is 16.5. The number of nitrogens with zero attached hydrogens (tertiary/aromatic N) is 1. The van der Waals surface area contributed by atoms with E-state index in [2.05, 4.69) is 15.0 Å². The van der Waals surface area contributed by atoms with Crippen LogP contribution >= 0.6 is 0 Å². The van der Waals surface area contributed by atoms with Crippen LogP contribution in [0.1, 0.15) is 47.3 Å². The average Bonchev–Trinajstić information content (AvgIpc) is 3.40. The Labute approximate surface area is 155 Å². The zero-order chi connectivity index (χ0) is 19.7. The Balaban J connectivity index is 1.67. The summed E-state index contributed by atoms with van der Waals surface area (Å²) < 4.78 is 41.3. The molecule has 144 valence electrons. The summed E-state index contributed by atoms with van der Waals surface area (Å²) in [4.78, 5) is 16.9. The maximum Gasteiger partial charge on any atom is 0.422 e. The van der Waals surface area contributed by atoms with Crippen molar-refractivity contribution in [1.29, 1.82) is 0 Å². The van der Waals surface area contributed by atoms with Gasteiger partial charge in [0.25, 0.3) is 5.91 Å². The summed E-state index contributed by atoms with van der Waals surface area (Å²) in [6.07, 6.45) is -1.43. The van der Waals surface area contributed by atoms with Crippen LogP contribution in [0, 0.1) is 6.92 Å². The molecule has 1 fully saturated rings. The average molecular weight is 378 g/mol. The molecule has 1 N–H and O–H groups in total. The smallest absolute Gasteiger partial charge is 0.422 e. The second-order valence-corrected chi connectivity index (χ2v) is 6.97. The zero-order valence-corrected chi connectivity index (χ0v) is 15.1.